The van der Waals surface area contributed by atoms with Gasteiger partial charge in [0.25, 0.3) is 0 Å². The first-order valence-corrected chi connectivity index (χ1v) is 11.3. The number of hydrogen-bond donors (Lipinski definition) is 1. The van der Waals surface area contributed by atoms with Crippen molar-refractivity contribution in [1.82, 2.24) is 4.90 Å². The van der Waals surface area contributed by atoms with Crippen LogP contribution in [0.3, 0.4) is 0 Å². The summed E-state index contributed by atoms with van der Waals surface area (Å²) in [4.78, 5) is 3.21. The quantitative estimate of drug-likeness (QED) is 0.801. The van der Waals surface area contributed by atoms with Crippen molar-refractivity contribution < 1.29 is 8.42 Å². The zero-order valence-corrected chi connectivity index (χ0v) is 16.8. The van der Waals surface area contributed by atoms with Crippen molar-refractivity contribution in [3.8, 4) is 0 Å². The topological polar surface area (TPSA) is 49.4 Å². The lowest BCUT2D eigenvalue weighted by molar-refractivity contribution is 0.335. The maximum atomic E-state index is 11.9. The van der Waals surface area contributed by atoms with Gasteiger partial charge in [-0.25, -0.2) is 8.42 Å². The van der Waals surface area contributed by atoms with Gasteiger partial charge in [-0.1, -0.05) is 18.2 Å². The molecule has 1 saturated heterocycles. The van der Waals surface area contributed by atoms with Gasteiger partial charge in [0.05, 0.1) is 18.1 Å². The predicted molar refractivity (Wildman–Crippen MR) is 109 cm³/mol. The number of hydrogen-bond acceptors (Lipinski definition) is 4. The SMILES string of the molecule is Cc1ccc(C)c(NC(=S)N(Cc2cccs2)[C@H]2CCS(=O)(=O)C2)c1. The van der Waals surface area contributed by atoms with Crippen LogP contribution < -0.4 is 5.32 Å². The van der Waals surface area contributed by atoms with Crippen LogP contribution >= 0.6 is 23.6 Å². The Morgan fingerprint density at radius 2 is 2.16 bits per heavy atom. The second kappa shape index (κ2) is 7.43. The highest BCUT2D eigenvalue weighted by Gasteiger charge is 2.33. The maximum Gasteiger partial charge on any atom is 0.174 e. The molecule has 3 rings (SSSR count). The Morgan fingerprint density at radius 3 is 2.80 bits per heavy atom. The molecule has 1 aliphatic rings. The average Bonchev–Trinajstić information content (AvgIpc) is 3.17. The molecule has 1 aliphatic heterocycles. The van der Waals surface area contributed by atoms with Crippen LogP contribution in [0, 0.1) is 13.8 Å². The van der Waals surface area contributed by atoms with E-state index in [4.69, 9.17) is 12.2 Å². The molecule has 1 fully saturated rings. The average molecular weight is 395 g/mol. The highest BCUT2D eigenvalue weighted by atomic mass is 32.2. The second-order valence-electron chi connectivity index (χ2n) is 6.51. The smallest absolute Gasteiger partial charge is 0.174 e. The standard InChI is InChI=1S/C18H22N2O2S3/c1-13-5-6-14(2)17(10-13)19-18(23)20(11-16-4-3-8-24-16)15-7-9-25(21,22)12-15/h3-6,8,10,15H,7,9,11-12H2,1-2H3,(H,19,23)/t15-/m0/s1. The molecule has 1 aromatic heterocycles. The third-order valence-electron chi connectivity index (χ3n) is 4.45. The van der Waals surface area contributed by atoms with Crippen molar-refractivity contribution in [2.45, 2.75) is 32.9 Å². The Morgan fingerprint density at radius 1 is 1.36 bits per heavy atom. The third-order valence-corrected chi connectivity index (χ3v) is 7.40. The predicted octanol–water partition coefficient (Wildman–Crippen LogP) is 3.75. The molecule has 1 N–H and O–H groups in total. The third kappa shape index (κ3) is 4.59. The number of rotatable bonds is 4. The van der Waals surface area contributed by atoms with Crippen molar-refractivity contribution >= 4 is 44.2 Å². The van der Waals surface area contributed by atoms with E-state index in [9.17, 15) is 8.42 Å². The van der Waals surface area contributed by atoms with E-state index in [0.717, 1.165) is 16.8 Å². The number of thiophene rings is 1. The minimum absolute atomic E-state index is 0.0720. The van der Waals surface area contributed by atoms with Gasteiger partial charge in [0, 0.05) is 16.6 Å². The summed E-state index contributed by atoms with van der Waals surface area (Å²) < 4.78 is 23.9. The first-order chi connectivity index (χ1) is 11.8. The Balaban J connectivity index is 1.82. The number of nitrogens with one attached hydrogen (secondary N) is 1. The zero-order chi connectivity index (χ0) is 18.0. The monoisotopic (exact) mass is 394 g/mol. The molecule has 1 aromatic carbocycles. The molecule has 0 aliphatic carbocycles. The molecule has 0 saturated carbocycles. The van der Waals surface area contributed by atoms with Gasteiger partial charge >= 0.3 is 0 Å². The number of sulfone groups is 1. The fourth-order valence-electron chi connectivity index (χ4n) is 3.02. The van der Waals surface area contributed by atoms with Crippen LogP contribution in [0.5, 0.6) is 0 Å². The minimum atomic E-state index is -2.97. The van der Waals surface area contributed by atoms with E-state index in [-0.39, 0.29) is 17.5 Å². The van der Waals surface area contributed by atoms with Crippen LogP contribution in [0.15, 0.2) is 35.7 Å². The lowest BCUT2D eigenvalue weighted by Gasteiger charge is -2.31. The highest BCUT2D eigenvalue weighted by molar-refractivity contribution is 7.91. The van der Waals surface area contributed by atoms with E-state index < -0.39 is 9.84 Å². The van der Waals surface area contributed by atoms with Gasteiger partial charge < -0.3 is 10.2 Å². The fourth-order valence-corrected chi connectivity index (χ4v) is 5.77. The molecule has 2 heterocycles. The van der Waals surface area contributed by atoms with Crippen molar-refractivity contribution in [1.29, 1.82) is 0 Å². The van der Waals surface area contributed by atoms with Gasteiger partial charge in [0.15, 0.2) is 14.9 Å². The van der Waals surface area contributed by atoms with Gasteiger partial charge in [0.2, 0.25) is 0 Å². The molecule has 2 aromatic rings. The van der Waals surface area contributed by atoms with Crippen LogP contribution in [0.2, 0.25) is 0 Å². The first kappa shape index (κ1) is 18.4. The van der Waals surface area contributed by atoms with Crippen LogP contribution in [0.1, 0.15) is 22.4 Å². The lowest BCUT2D eigenvalue weighted by Crippen LogP contribution is -2.42. The number of thiocarbonyl (C=S) groups is 1. The number of nitrogens with zero attached hydrogens (tertiary/aromatic N) is 1. The summed E-state index contributed by atoms with van der Waals surface area (Å²) in [6.45, 7) is 4.71. The fraction of sp³-hybridized carbons (Fsp3) is 0.389. The first-order valence-electron chi connectivity index (χ1n) is 8.22. The van der Waals surface area contributed by atoms with Crippen LogP contribution in [-0.4, -0.2) is 36.0 Å². The van der Waals surface area contributed by atoms with E-state index in [2.05, 4.69) is 29.6 Å². The molecular weight excluding hydrogens is 372 g/mol. The lowest BCUT2D eigenvalue weighted by atomic mass is 10.1. The Hall–Kier alpha value is -1.44. The largest absolute Gasteiger partial charge is 0.340 e. The van der Waals surface area contributed by atoms with E-state index in [1.54, 1.807) is 11.3 Å². The van der Waals surface area contributed by atoms with E-state index >= 15 is 0 Å². The van der Waals surface area contributed by atoms with Crippen molar-refractivity contribution in [3.63, 3.8) is 0 Å². The molecule has 134 valence electrons. The molecule has 0 spiro atoms. The summed E-state index contributed by atoms with van der Waals surface area (Å²) in [5.41, 5.74) is 3.24. The van der Waals surface area contributed by atoms with Gasteiger partial charge in [-0.15, -0.1) is 11.3 Å². The normalized spacial score (nSPS) is 18.9. The van der Waals surface area contributed by atoms with E-state index in [1.165, 1.54) is 4.88 Å². The van der Waals surface area contributed by atoms with Gasteiger partial charge in [-0.05, 0) is 61.1 Å². The van der Waals surface area contributed by atoms with Crippen LogP contribution in [0.25, 0.3) is 0 Å². The minimum Gasteiger partial charge on any atom is -0.340 e. The van der Waals surface area contributed by atoms with E-state index in [0.29, 0.717) is 18.1 Å². The number of aryl methyl sites for hydroxylation is 2. The summed E-state index contributed by atoms with van der Waals surface area (Å²) in [5, 5.41) is 5.95. The van der Waals surface area contributed by atoms with E-state index in [1.807, 2.05) is 30.2 Å². The van der Waals surface area contributed by atoms with Gasteiger partial charge in [0.1, 0.15) is 0 Å². The summed E-state index contributed by atoms with van der Waals surface area (Å²) in [5.74, 6) is 0.414. The Bertz CT molecular complexity index is 860. The summed E-state index contributed by atoms with van der Waals surface area (Å²) in [6.07, 6.45) is 0.627. The molecule has 0 unspecified atom stereocenters. The molecule has 0 amide bonds. The summed E-state index contributed by atoms with van der Waals surface area (Å²) in [7, 11) is -2.97. The summed E-state index contributed by atoms with van der Waals surface area (Å²) >= 11 is 7.33. The van der Waals surface area contributed by atoms with Crippen LogP contribution in [-0.2, 0) is 16.4 Å². The second-order valence-corrected chi connectivity index (χ2v) is 10.2. The summed E-state index contributed by atoms with van der Waals surface area (Å²) in [6, 6.07) is 10.2. The molecule has 7 heteroatoms. The highest BCUT2D eigenvalue weighted by Crippen LogP contribution is 2.24. The Kier molecular flexibility index (Phi) is 5.46. The number of anilines is 1. The van der Waals surface area contributed by atoms with Crippen molar-refractivity contribution in [2.24, 2.45) is 0 Å². The van der Waals surface area contributed by atoms with Crippen molar-refractivity contribution in [2.75, 3.05) is 16.8 Å². The maximum absolute atomic E-state index is 11.9. The molecule has 0 radical (unpaired) electrons. The number of benzene rings is 1. The molecule has 25 heavy (non-hydrogen) atoms. The Labute approximate surface area is 158 Å². The molecule has 4 nitrogen and oxygen atoms in total. The molecule has 0 bridgehead atoms. The van der Waals surface area contributed by atoms with Crippen LogP contribution in [0.4, 0.5) is 5.69 Å². The molecule has 1 atom stereocenters. The van der Waals surface area contributed by atoms with Crippen molar-refractivity contribution in [3.05, 3.63) is 51.7 Å². The van der Waals surface area contributed by atoms with Gasteiger partial charge in [-0.3, -0.25) is 0 Å². The molecular formula is C18H22N2O2S3. The van der Waals surface area contributed by atoms with Gasteiger partial charge in [-0.2, -0.15) is 0 Å². The zero-order valence-electron chi connectivity index (χ0n) is 14.4.